The molecule has 5 nitrogen and oxygen atoms in total. The van der Waals surface area contributed by atoms with Crippen molar-refractivity contribution in [3.8, 4) is 0 Å². The number of nitrogens with two attached hydrogens (primary N) is 3. The molecule has 1 rings (SSSR count). The van der Waals surface area contributed by atoms with Crippen LogP contribution in [0.4, 0.5) is 4.39 Å². The van der Waals surface area contributed by atoms with Crippen molar-refractivity contribution in [1.29, 1.82) is 0 Å². The van der Waals surface area contributed by atoms with E-state index in [2.05, 4.69) is 9.98 Å². The summed E-state index contributed by atoms with van der Waals surface area (Å²) < 4.78 is 13.2. The van der Waals surface area contributed by atoms with Crippen LogP contribution in [0.3, 0.4) is 0 Å². The molecule has 0 radical (unpaired) electrons. The van der Waals surface area contributed by atoms with E-state index in [1.165, 1.54) is 6.07 Å². The molecule has 1 aromatic carbocycles. The van der Waals surface area contributed by atoms with Gasteiger partial charge < -0.3 is 17.2 Å². The number of nitrogens with zero attached hydrogens (tertiary/aromatic N) is 2. The molecule has 17 heavy (non-hydrogen) atoms. The van der Waals surface area contributed by atoms with Crippen molar-refractivity contribution in [3.63, 3.8) is 0 Å². The number of rotatable bonds is 2. The lowest BCUT2D eigenvalue weighted by Crippen LogP contribution is -2.26. The van der Waals surface area contributed by atoms with Crippen molar-refractivity contribution in [2.75, 3.05) is 0 Å². The predicted octanol–water partition coefficient (Wildman–Crippen LogP) is 0.644. The zero-order valence-corrected chi connectivity index (χ0v) is 10.2. The smallest absolute Gasteiger partial charge is 0.218 e. The number of guanidine groups is 2. The van der Waals surface area contributed by atoms with Crippen LogP contribution < -0.4 is 17.2 Å². The van der Waals surface area contributed by atoms with E-state index in [0.29, 0.717) is 11.1 Å². The minimum Gasteiger partial charge on any atom is -0.370 e. The Morgan fingerprint density at radius 2 is 1.94 bits per heavy atom. The van der Waals surface area contributed by atoms with Crippen molar-refractivity contribution in [2.45, 2.75) is 13.5 Å². The summed E-state index contributed by atoms with van der Waals surface area (Å²) in [6.07, 6.45) is 0. The van der Waals surface area contributed by atoms with E-state index in [1.807, 2.05) is 0 Å². The Labute approximate surface area is 105 Å². The predicted molar refractivity (Wildman–Crippen MR) is 69.5 cm³/mol. The van der Waals surface area contributed by atoms with Gasteiger partial charge in [0, 0.05) is 0 Å². The normalized spacial score (nSPS) is 10.6. The van der Waals surface area contributed by atoms with Gasteiger partial charge in [-0.1, -0.05) is 12.1 Å². The summed E-state index contributed by atoms with van der Waals surface area (Å²) in [5.41, 5.74) is 16.9. The van der Waals surface area contributed by atoms with Crippen LogP contribution in [0.2, 0.25) is 0 Å². The van der Waals surface area contributed by atoms with Gasteiger partial charge in [0.2, 0.25) is 5.96 Å². The van der Waals surface area contributed by atoms with Gasteiger partial charge in [-0.2, -0.15) is 4.99 Å². The van der Waals surface area contributed by atoms with Crippen molar-refractivity contribution in [2.24, 2.45) is 27.2 Å². The molecule has 0 fully saturated rings. The summed E-state index contributed by atoms with van der Waals surface area (Å²) in [5.74, 6) is -0.453. The SMILES string of the molecule is Cc1ccc(CN=C(N)N=C(N)N)cc1F.Cl. The molecule has 7 heteroatoms. The van der Waals surface area contributed by atoms with Gasteiger partial charge in [-0.25, -0.2) is 9.38 Å². The molecule has 0 saturated carbocycles. The van der Waals surface area contributed by atoms with Crippen LogP contribution >= 0.6 is 12.4 Å². The molecule has 0 aliphatic rings. The van der Waals surface area contributed by atoms with Crippen molar-refractivity contribution in [3.05, 3.63) is 35.1 Å². The molecule has 0 unspecified atom stereocenters. The third-order valence-corrected chi connectivity index (χ3v) is 1.90. The van der Waals surface area contributed by atoms with E-state index in [1.54, 1.807) is 19.1 Å². The molecule has 6 N–H and O–H groups in total. The van der Waals surface area contributed by atoms with Crippen LogP contribution in [-0.4, -0.2) is 11.9 Å². The first-order valence-electron chi connectivity index (χ1n) is 4.63. The highest BCUT2D eigenvalue weighted by atomic mass is 35.5. The van der Waals surface area contributed by atoms with Gasteiger partial charge in [0.15, 0.2) is 5.96 Å². The van der Waals surface area contributed by atoms with Crippen molar-refractivity contribution in [1.82, 2.24) is 0 Å². The van der Waals surface area contributed by atoms with Crippen LogP contribution in [-0.2, 0) is 6.54 Å². The molecule has 0 spiro atoms. The Bertz CT molecular complexity index is 440. The van der Waals surface area contributed by atoms with Gasteiger partial charge in [-0.3, -0.25) is 0 Å². The number of halogens is 2. The highest BCUT2D eigenvalue weighted by Crippen LogP contribution is 2.09. The average molecular weight is 260 g/mol. The molecule has 0 atom stereocenters. The molecular formula is C10H15ClFN5. The zero-order chi connectivity index (χ0) is 12.1. The first-order chi connectivity index (χ1) is 7.49. The standard InChI is InChI=1S/C10H14FN5.ClH/c1-6-2-3-7(4-8(6)11)5-15-10(14)16-9(12)13;/h2-4H,5H2,1H3,(H6,12,13,14,15,16);1H. The van der Waals surface area contributed by atoms with Crippen LogP contribution in [0.25, 0.3) is 0 Å². The fourth-order valence-corrected chi connectivity index (χ4v) is 1.07. The Morgan fingerprint density at radius 1 is 1.29 bits per heavy atom. The zero-order valence-electron chi connectivity index (χ0n) is 9.35. The summed E-state index contributed by atoms with van der Waals surface area (Å²) in [6, 6.07) is 4.85. The molecule has 0 aliphatic carbocycles. The Balaban J connectivity index is 0.00000256. The second-order valence-corrected chi connectivity index (χ2v) is 3.29. The third kappa shape index (κ3) is 5.17. The number of aliphatic imine (C=N–C) groups is 2. The summed E-state index contributed by atoms with van der Waals surface area (Å²) in [4.78, 5) is 7.42. The van der Waals surface area contributed by atoms with Gasteiger partial charge in [0.25, 0.3) is 0 Å². The fourth-order valence-electron chi connectivity index (χ4n) is 1.07. The van der Waals surface area contributed by atoms with E-state index in [4.69, 9.17) is 17.2 Å². The summed E-state index contributed by atoms with van der Waals surface area (Å²) >= 11 is 0. The third-order valence-electron chi connectivity index (χ3n) is 1.90. The highest BCUT2D eigenvalue weighted by Gasteiger charge is 1.98. The van der Waals surface area contributed by atoms with Crippen LogP contribution in [0, 0.1) is 12.7 Å². The first-order valence-corrected chi connectivity index (χ1v) is 4.63. The van der Waals surface area contributed by atoms with Crippen LogP contribution in [0.5, 0.6) is 0 Å². The fraction of sp³-hybridized carbons (Fsp3) is 0.200. The van der Waals surface area contributed by atoms with E-state index in [-0.39, 0.29) is 36.7 Å². The Hall–Kier alpha value is -1.82. The molecule has 94 valence electrons. The van der Waals surface area contributed by atoms with Crippen LogP contribution in [0.1, 0.15) is 11.1 Å². The molecule has 0 amide bonds. The van der Waals surface area contributed by atoms with Gasteiger partial charge in [-0.15, -0.1) is 12.4 Å². The topological polar surface area (TPSA) is 103 Å². The second kappa shape index (κ2) is 6.70. The lowest BCUT2D eigenvalue weighted by molar-refractivity contribution is 0.616. The molecule has 0 aliphatic heterocycles. The Kier molecular flexibility index (Phi) is 5.98. The Morgan fingerprint density at radius 3 is 2.47 bits per heavy atom. The van der Waals surface area contributed by atoms with Crippen molar-refractivity contribution < 1.29 is 4.39 Å². The van der Waals surface area contributed by atoms with E-state index in [9.17, 15) is 4.39 Å². The van der Waals surface area contributed by atoms with Gasteiger partial charge in [0.1, 0.15) is 5.82 Å². The lowest BCUT2D eigenvalue weighted by Gasteiger charge is -2.00. The largest absolute Gasteiger partial charge is 0.370 e. The monoisotopic (exact) mass is 259 g/mol. The van der Waals surface area contributed by atoms with E-state index in [0.717, 1.165) is 0 Å². The highest BCUT2D eigenvalue weighted by molar-refractivity contribution is 5.92. The number of hydrogen-bond acceptors (Lipinski definition) is 1. The summed E-state index contributed by atoms with van der Waals surface area (Å²) in [5, 5.41) is 0. The van der Waals surface area contributed by atoms with Gasteiger partial charge in [0.05, 0.1) is 6.54 Å². The van der Waals surface area contributed by atoms with Gasteiger partial charge in [-0.05, 0) is 24.1 Å². The van der Waals surface area contributed by atoms with Crippen LogP contribution in [0.15, 0.2) is 28.2 Å². The quantitative estimate of drug-likeness (QED) is 0.536. The first kappa shape index (κ1) is 15.2. The van der Waals surface area contributed by atoms with E-state index >= 15 is 0 Å². The molecule has 0 heterocycles. The van der Waals surface area contributed by atoms with Gasteiger partial charge >= 0.3 is 0 Å². The average Bonchev–Trinajstić information content (AvgIpc) is 2.19. The lowest BCUT2D eigenvalue weighted by atomic mass is 10.1. The van der Waals surface area contributed by atoms with Crippen molar-refractivity contribution >= 4 is 24.3 Å². The maximum absolute atomic E-state index is 13.2. The molecule has 0 aromatic heterocycles. The van der Waals surface area contributed by atoms with E-state index < -0.39 is 0 Å². The molecule has 0 bridgehead atoms. The number of aryl methyl sites for hydroxylation is 1. The minimum atomic E-state index is -0.270. The molecular weight excluding hydrogens is 245 g/mol. The summed E-state index contributed by atoms with van der Waals surface area (Å²) in [6.45, 7) is 1.93. The maximum atomic E-state index is 13.2. The number of benzene rings is 1. The minimum absolute atomic E-state index is 0. The number of hydrogen-bond donors (Lipinski definition) is 3. The molecule has 1 aromatic rings. The second-order valence-electron chi connectivity index (χ2n) is 3.29. The maximum Gasteiger partial charge on any atom is 0.218 e. The summed E-state index contributed by atoms with van der Waals surface area (Å²) in [7, 11) is 0. The molecule has 0 saturated heterocycles.